The molecule has 5 heteroatoms. The first-order valence-electron chi connectivity index (χ1n) is 8.22. The maximum absolute atomic E-state index is 12.4. The number of carbonyl (C=O) groups is 1. The van der Waals surface area contributed by atoms with Crippen LogP contribution in [0.4, 0.5) is 0 Å². The summed E-state index contributed by atoms with van der Waals surface area (Å²) < 4.78 is 10.4. The molecular formula is C18H26ClNO3. The van der Waals surface area contributed by atoms with Gasteiger partial charge >= 0.3 is 0 Å². The molecule has 1 aromatic rings. The van der Waals surface area contributed by atoms with Gasteiger partial charge in [-0.3, -0.25) is 4.79 Å². The first kappa shape index (κ1) is 18.1. The summed E-state index contributed by atoms with van der Waals surface area (Å²) in [5.41, 5.74) is 0.583. The standard InChI is InChI=1S/C18H26ClNO3/c1-13-6-9-20(10-7-13)8-4-5-16(21)14-11-15(19)18(23-3)17(12-14)22-2/h11-13H,4-10H2,1-3H3. The van der Waals surface area contributed by atoms with Gasteiger partial charge in [-0.15, -0.1) is 0 Å². The number of ether oxygens (including phenoxy) is 2. The number of likely N-dealkylation sites (tertiary alicyclic amines) is 1. The monoisotopic (exact) mass is 339 g/mol. The number of Topliss-reactive ketones (excluding diaryl/α,β-unsaturated/α-hetero) is 1. The van der Waals surface area contributed by atoms with Gasteiger partial charge in [0.2, 0.25) is 0 Å². The maximum Gasteiger partial charge on any atom is 0.179 e. The lowest BCUT2D eigenvalue weighted by Crippen LogP contribution is -2.33. The molecule has 0 bridgehead atoms. The van der Waals surface area contributed by atoms with Crippen LogP contribution in [0.25, 0.3) is 0 Å². The number of ketones is 1. The van der Waals surface area contributed by atoms with Crippen molar-refractivity contribution in [2.45, 2.75) is 32.6 Å². The average Bonchev–Trinajstić information content (AvgIpc) is 2.55. The lowest BCUT2D eigenvalue weighted by molar-refractivity contribution is 0.0970. The highest BCUT2D eigenvalue weighted by atomic mass is 35.5. The second kappa shape index (κ2) is 8.55. The first-order valence-corrected chi connectivity index (χ1v) is 8.60. The lowest BCUT2D eigenvalue weighted by Gasteiger charge is -2.30. The van der Waals surface area contributed by atoms with Crippen molar-refractivity contribution in [2.24, 2.45) is 5.92 Å². The van der Waals surface area contributed by atoms with Crippen molar-refractivity contribution in [3.05, 3.63) is 22.7 Å². The minimum atomic E-state index is 0.0956. The largest absolute Gasteiger partial charge is 0.493 e. The highest BCUT2D eigenvalue weighted by molar-refractivity contribution is 6.32. The van der Waals surface area contributed by atoms with Crippen LogP contribution in [0.3, 0.4) is 0 Å². The lowest BCUT2D eigenvalue weighted by atomic mass is 9.99. The van der Waals surface area contributed by atoms with E-state index in [0.717, 1.165) is 32.0 Å². The molecule has 0 unspecified atom stereocenters. The minimum Gasteiger partial charge on any atom is -0.493 e. The van der Waals surface area contributed by atoms with Crippen LogP contribution in [0, 0.1) is 5.92 Å². The van der Waals surface area contributed by atoms with Crippen LogP contribution in [-0.4, -0.2) is 44.5 Å². The SMILES string of the molecule is COc1cc(C(=O)CCCN2CCC(C)CC2)cc(Cl)c1OC. The number of hydrogen-bond acceptors (Lipinski definition) is 4. The van der Waals surface area contributed by atoms with Gasteiger partial charge in [0.25, 0.3) is 0 Å². The fraction of sp³-hybridized carbons (Fsp3) is 0.611. The zero-order valence-corrected chi connectivity index (χ0v) is 15.0. The molecule has 0 spiro atoms. The van der Waals surface area contributed by atoms with Gasteiger partial charge in [0.05, 0.1) is 19.2 Å². The number of halogens is 1. The van der Waals surface area contributed by atoms with Crippen molar-refractivity contribution in [3.63, 3.8) is 0 Å². The number of rotatable bonds is 7. The van der Waals surface area contributed by atoms with Crippen LogP contribution < -0.4 is 9.47 Å². The first-order chi connectivity index (χ1) is 11.0. The quantitative estimate of drug-likeness (QED) is 0.702. The predicted molar refractivity (Wildman–Crippen MR) is 93.0 cm³/mol. The summed E-state index contributed by atoms with van der Waals surface area (Å²) in [5.74, 6) is 1.89. The van der Waals surface area contributed by atoms with E-state index in [2.05, 4.69) is 11.8 Å². The van der Waals surface area contributed by atoms with Gasteiger partial charge < -0.3 is 14.4 Å². The molecular weight excluding hydrogens is 314 g/mol. The molecule has 0 amide bonds. The third-order valence-electron chi connectivity index (χ3n) is 4.51. The summed E-state index contributed by atoms with van der Waals surface area (Å²) >= 11 is 6.16. The maximum atomic E-state index is 12.4. The molecule has 2 rings (SSSR count). The fourth-order valence-electron chi connectivity index (χ4n) is 2.97. The van der Waals surface area contributed by atoms with Gasteiger partial charge in [-0.1, -0.05) is 18.5 Å². The van der Waals surface area contributed by atoms with Gasteiger partial charge in [-0.05, 0) is 56.9 Å². The molecule has 1 heterocycles. The third kappa shape index (κ3) is 4.85. The molecule has 0 aromatic heterocycles. The van der Waals surface area contributed by atoms with Crippen LogP contribution in [0.1, 0.15) is 43.0 Å². The zero-order chi connectivity index (χ0) is 16.8. The Labute approximate surface area is 143 Å². The molecule has 128 valence electrons. The molecule has 1 saturated heterocycles. The Morgan fingerprint density at radius 1 is 1.26 bits per heavy atom. The van der Waals surface area contributed by atoms with Crippen LogP contribution in [0.5, 0.6) is 11.5 Å². The number of piperidine rings is 1. The molecule has 1 aliphatic heterocycles. The van der Waals surface area contributed by atoms with E-state index in [1.807, 2.05) is 0 Å². The van der Waals surface area contributed by atoms with Crippen LogP contribution >= 0.6 is 11.6 Å². The predicted octanol–water partition coefficient (Wildman–Crippen LogP) is 4.05. The summed E-state index contributed by atoms with van der Waals surface area (Å²) in [4.78, 5) is 14.8. The minimum absolute atomic E-state index is 0.0956. The number of nitrogens with zero attached hydrogens (tertiary/aromatic N) is 1. The number of benzene rings is 1. The van der Waals surface area contributed by atoms with Crippen LogP contribution in [0.2, 0.25) is 5.02 Å². The van der Waals surface area contributed by atoms with E-state index in [1.165, 1.54) is 20.0 Å². The molecule has 23 heavy (non-hydrogen) atoms. The zero-order valence-electron chi connectivity index (χ0n) is 14.2. The second-order valence-electron chi connectivity index (χ2n) is 6.24. The van der Waals surface area contributed by atoms with Crippen molar-refractivity contribution in [1.82, 2.24) is 4.90 Å². The molecule has 0 N–H and O–H groups in total. The van der Waals surface area contributed by atoms with Crippen molar-refractivity contribution >= 4 is 17.4 Å². The molecule has 1 aliphatic rings. The van der Waals surface area contributed by atoms with Crippen LogP contribution in [-0.2, 0) is 0 Å². The van der Waals surface area contributed by atoms with Crippen molar-refractivity contribution < 1.29 is 14.3 Å². The molecule has 0 atom stereocenters. The van der Waals surface area contributed by atoms with E-state index in [1.54, 1.807) is 19.2 Å². The van der Waals surface area contributed by atoms with E-state index < -0.39 is 0 Å². The van der Waals surface area contributed by atoms with Gasteiger partial charge in [0.15, 0.2) is 17.3 Å². The molecule has 4 nitrogen and oxygen atoms in total. The Kier molecular flexibility index (Phi) is 6.72. The summed E-state index contributed by atoms with van der Waals surface area (Å²) in [5, 5.41) is 0.403. The number of methoxy groups -OCH3 is 2. The van der Waals surface area contributed by atoms with Gasteiger partial charge in [0, 0.05) is 12.0 Å². The van der Waals surface area contributed by atoms with E-state index in [4.69, 9.17) is 21.1 Å². The topological polar surface area (TPSA) is 38.8 Å². The summed E-state index contributed by atoms with van der Waals surface area (Å²) in [6.07, 6.45) is 3.93. The smallest absolute Gasteiger partial charge is 0.179 e. The van der Waals surface area contributed by atoms with Gasteiger partial charge in [-0.25, -0.2) is 0 Å². The van der Waals surface area contributed by atoms with E-state index in [-0.39, 0.29) is 5.78 Å². The average molecular weight is 340 g/mol. The second-order valence-corrected chi connectivity index (χ2v) is 6.65. The Morgan fingerprint density at radius 2 is 1.96 bits per heavy atom. The van der Waals surface area contributed by atoms with Crippen molar-refractivity contribution in [3.8, 4) is 11.5 Å². The number of hydrogen-bond donors (Lipinski definition) is 0. The molecule has 1 aromatic carbocycles. The van der Waals surface area contributed by atoms with E-state index in [9.17, 15) is 4.79 Å². The van der Waals surface area contributed by atoms with Gasteiger partial charge in [-0.2, -0.15) is 0 Å². The molecule has 1 fully saturated rings. The van der Waals surface area contributed by atoms with Gasteiger partial charge in [0.1, 0.15) is 0 Å². The molecule has 0 saturated carbocycles. The highest BCUT2D eigenvalue weighted by Gasteiger charge is 2.17. The Balaban J connectivity index is 1.89. The fourth-order valence-corrected chi connectivity index (χ4v) is 3.26. The highest BCUT2D eigenvalue weighted by Crippen LogP contribution is 2.36. The Morgan fingerprint density at radius 3 is 2.57 bits per heavy atom. The Bertz CT molecular complexity index is 539. The number of carbonyl (C=O) groups excluding carboxylic acids is 1. The summed E-state index contributed by atoms with van der Waals surface area (Å²) in [7, 11) is 3.07. The summed E-state index contributed by atoms with van der Waals surface area (Å²) in [6.45, 7) is 5.59. The van der Waals surface area contributed by atoms with Crippen molar-refractivity contribution in [2.75, 3.05) is 33.9 Å². The summed E-state index contributed by atoms with van der Waals surface area (Å²) in [6, 6.07) is 3.36. The van der Waals surface area contributed by atoms with E-state index in [0.29, 0.717) is 28.5 Å². The van der Waals surface area contributed by atoms with E-state index >= 15 is 0 Å². The normalized spacial score (nSPS) is 16.3. The van der Waals surface area contributed by atoms with Crippen LogP contribution in [0.15, 0.2) is 12.1 Å². The Hall–Kier alpha value is -1.26. The third-order valence-corrected chi connectivity index (χ3v) is 4.79. The van der Waals surface area contributed by atoms with Crippen molar-refractivity contribution in [1.29, 1.82) is 0 Å². The molecule has 0 aliphatic carbocycles. The molecule has 0 radical (unpaired) electrons.